The van der Waals surface area contributed by atoms with E-state index in [4.69, 9.17) is 34.3 Å². The van der Waals surface area contributed by atoms with Crippen LogP contribution >= 0.6 is 0 Å². The summed E-state index contributed by atoms with van der Waals surface area (Å²) in [6.45, 7) is -0.669. The van der Waals surface area contributed by atoms with E-state index in [0.717, 1.165) is 39.5 Å². The summed E-state index contributed by atoms with van der Waals surface area (Å²) in [5.74, 6) is -6.60. The molecule has 9 fully saturated rings. The molecule has 6 aromatic carbocycles. The fourth-order valence-corrected chi connectivity index (χ4v) is 18.4. The Labute approximate surface area is 513 Å². The number of carbonyl (C=O) groups excluding carboxylic acids is 3. The van der Waals surface area contributed by atoms with Gasteiger partial charge in [-0.25, -0.2) is 17.6 Å². The van der Waals surface area contributed by atoms with Crippen molar-refractivity contribution in [3.05, 3.63) is 182 Å². The van der Waals surface area contributed by atoms with Gasteiger partial charge in [-0.1, -0.05) is 109 Å². The van der Waals surface area contributed by atoms with Crippen LogP contribution < -0.4 is 0 Å². The number of ketones is 1. The van der Waals surface area contributed by atoms with Crippen LogP contribution in [0.4, 0.5) is 17.6 Å². The zero-order chi connectivity index (χ0) is 61.8. The van der Waals surface area contributed by atoms with Gasteiger partial charge in [0.1, 0.15) is 18.0 Å². The van der Waals surface area contributed by atoms with Crippen molar-refractivity contribution in [3.63, 3.8) is 0 Å². The van der Waals surface area contributed by atoms with Crippen LogP contribution in [0.3, 0.4) is 0 Å². The molecular formula is C70H80F4O11S2+2. The van der Waals surface area contributed by atoms with Crippen molar-refractivity contribution in [1.29, 1.82) is 0 Å². The molecule has 0 radical (unpaired) electrons. The van der Waals surface area contributed by atoms with Gasteiger partial charge in [0.25, 0.3) is 11.8 Å². The topological polar surface area (TPSA) is 169 Å². The van der Waals surface area contributed by atoms with E-state index >= 15 is 0 Å². The van der Waals surface area contributed by atoms with Crippen LogP contribution in [-0.4, -0.2) is 108 Å². The highest BCUT2D eigenvalue weighted by atomic mass is 32.2. The molecule has 1 spiro atoms. The van der Waals surface area contributed by atoms with Crippen LogP contribution in [0.1, 0.15) is 78.1 Å². The molecule has 8 aliphatic carbocycles. The van der Waals surface area contributed by atoms with Gasteiger partial charge in [-0.05, 0) is 149 Å². The molecular weight excluding hydrogens is 1160 g/mol. The number of alkyl halides is 4. The smallest absolute Gasteiger partial charge is 0.312 e. The number of benzene rings is 6. The Morgan fingerprint density at radius 1 is 0.517 bits per heavy atom. The van der Waals surface area contributed by atoms with Crippen LogP contribution in [0, 0.1) is 46.3 Å². The van der Waals surface area contributed by atoms with E-state index in [-0.39, 0.29) is 77.2 Å². The number of hydrogen-bond acceptors (Lipinski definition) is 11. The van der Waals surface area contributed by atoms with Gasteiger partial charge in [0, 0.05) is 37.5 Å². The third-order valence-electron chi connectivity index (χ3n) is 17.4. The van der Waals surface area contributed by atoms with E-state index in [1.807, 2.05) is 0 Å². The van der Waals surface area contributed by atoms with Crippen LogP contribution in [-0.2, 0) is 55.1 Å². The molecule has 8 saturated carbocycles. The number of halogens is 4. The Morgan fingerprint density at radius 3 is 1.10 bits per heavy atom. The average Bonchev–Trinajstić information content (AvgIpc) is 1.70. The van der Waals surface area contributed by atoms with Crippen molar-refractivity contribution < 1.29 is 71.3 Å². The van der Waals surface area contributed by atoms with Gasteiger partial charge in [-0.2, -0.15) is 0 Å². The highest BCUT2D eigenvalue weighted by Gasteiger charge is 2.68. The van der Waals surface area contributed by atoms with Crippen molar-refractivity contribution >= 4 is 39.5 Å². The van der Waals surface area contributed by atoms with Crippen LogP contribution in [0.2, 0.25) is 0 Å². The lowest BCUT2D eigenvalue weighted by Gasteiger charge is -2.61. The minimum atomic E-state index is -3.01. The molecule has 1 aliphatic heterocycles. The zero-order valence-electron chi connectivity index (χ0n) is 49.2. The Morgan fingerprint density at radius 2 is 0.828 bits per heavy atom. The highest BCUT2D eigenvalue weighted by molar-refractivity contribution is 7.97. The Hall–Kier alpha value is -5.89. The highest BCUT2D eigenvalue weighted by Crippen LogP contribution is 2.66. The predicted molar refractivity (Wildman–Crippen MR) is 324 cm³/mol. The van der Waals surface area contributed by atoms with E-state index in [1.54, 1.807) is 0 Å². The minimum absolute atomic E-state index is 0.0146. The average molecular weight is 1240 g/mol. The van der Waals surface area contributed by atoms with Crippen molar-refractivity contribution in [2.24, 2.45) is 46.3 Å². The normalized spacial score (nSPS) is 27.0. The monoisotopic (exact) mass is 1240 g/mol. The van der Waals surface area contributed by atoms with Crippen molar-refractivity contribution in [2.75, 3.05) is 39.6 Å². The molecule has 87 heavy (non-hydrogen) atoms. The van der Waals surface area contributed by atoms with Crippen molar-refractivity contribution in [1.82, 2.24) is 0 Å². The fraction of sp³-hybridized carbons (Fsp3) is 0.443. The molecule has 0 amide bonds. The summed E-state index contributed by atoms with van der Waals surface area (Å²) < 4.78 is 73.5. The SMILES string of the molecule is CC(F)(F)COC(=O)C12CC3CC(C1)C(=O)C(C3)C2.CC(F)(F)COC(=O)C12CC3CC(C1)C1(OCC(CO)O1)C(C3)C2.OCC(O)CO.c1ccc([S+](c2ccccc2)c2ccccc2)cc1.c1ccc([S+](c2ccccc2)c2ccccc2)cc1. The van der Waals surface area contributed by atoms with Gasteiger partial charge < -0.3 is 39.4 Å². The lowest BCUT2D eigenvalue weighted by Crippen LogP contribution is -2.63. The molecule has 4 N–H and O–H groups in total. The maximum absolute atomic E-state index is 13.0. The van der Waals surface area contributed by atoms with Gasteiger partial charge in [-0.3, -0.25) is 14.4 Å². The first-order valence-electron chi connectivity index (χ1n) is 30.0. The fourth-order valence-electron chi connectivity index (χ4n) is 14.1. The molecule has 1 heterocycles. The Bertz CT molecular complexity index is 2780. The number of rotatable bonds is 15. The molecule has 15 rings (SSSR count). The standard InChI is InChI=1S/2C18H15S.C17H24F2O5.C14H18F2O3.C3H8O3/c2*1-4-10-16(11-5-1)19(17-12-6-2-7-13-17)18-14-8-3-9-15-18;1-15(18,19)9-22-14(21)16-4-10-2-11(5-16)17(12(3-10)6-16)23-8-13(7-20)24-17;1-13(15,16)7-19-12(18)14-4-8-2-9(5-14)11(17)10(3-8)6-14;4-1-3(6)2-5/h2*1-15H;10-13,20H,2-9H2,1H3;8-10H,2-7H2,1H3;3-6H,1-2H2/q2*+1;;;. The number of ether oxygens (including phenoxy) is 4. The van der Waals surface area contributed by atoms with Gasteiger partial charge in [0.05, 0.1) is 59.0 Å². The molecule has 0 aromatic heterocycles. The summed E-state index contributed by atoms with van der Waals surface area (Å²) in [7, 11) is -0.0293. The molecule has 464 valence electrons. The third kappa shape index (κ3) is 16.3. The maximum Gasteiger partial charge on any atom is 0.312 e. The lowest BCUT2D eigenvalue weighted by molar-refractivity contribution is -0.308. The summed E-state index contributed by atoms with van der Waals surface area (Å²) in [6, 6.07) is 64.3. The Balaban J connectivity index is 0.000000135. The number of esters is 2. The molecule has 6 aromatic rings. The summed E-state index contributed by atoms with van der Waals surface area (Å²) in [4.78, 5) is 44.9. The minimum Gasteiger partial charge on any atom is -0.459 e. The number of aliphatic hydroxyl groups is 4. The van der Waals surface area contributed by atoms with E-state index in [2.05, 4.69) is 182 Å². The van der Waals surface area contributed by atoms with Crippen molar-refractivity contribution in [3.8, 4) is 0 Å². The molecule has 17 heteroatoms. The van der Waals surface area contributed by atoms with Gasteiger partial charge in [0.15, 0.2) is 48.4 Å². The lowest BCUT2D eigenvalue weighted by atomic mass is 9.47. The number of Topliss-reactive ketones (excluding diaryl/α,β-unsaturated/α-hetero) is 1. The number of aliphatic hydroxyl groups excluding tert-OH is 4. The second-order valence-corrected chi connectivity index (χ2v) is 28.5. The maximum atomic E-state index is 13.0. The first-order chi connectivity index (χ1) is 41.8. The van der Waals surface area contributed by atoms with E-state index in [9.17, 15) is 37.1 Å². The Kier molecular flexibility index (Phi) is 22.0. The van der Waals surface area contributed by atoms with Crippen LogP contribution in [0.5, 0.6) is 0 Å². The van der Waals surface area contributed by atoms with Gasteiger partial charge in [0.2, 0.25) is 0 Å². The van der Waals surface area contributed by atoms with E-state index < -0.39 is 59.7 Å². The summed E-state index contributed by atoms with van der Waals surface area (Å²) in [6.07, 6.45) is 5.88. The first-order valence-corrected chi connectivity index (χ1v) is 32.5. The summed E-state index contributed by atoms with van der Waals surface area (Å²) in [5.41, 5.74) is -1.33. The second-order valence-electron chi connectivity index (χ2n) is 24.4. The third-order valence-corrected chi connectivity index (χ3v) is 21.9. The molecule has 1 saturated heterocycles. The number of carbonyl (C=O) groups is 3. The van der Waals surface area contributed by atoms with Crippen molar-refractivity contribution in [2.45, 2.75) is 137 Å². The first kappa shape index (κ1) is 65.6. The second kappa shape index (κ2) is 29.2. The largest absolute Gasteiger partial charge is 0.459 e. The van der Waals surface area contributed by atoms with Crippen LogP contribution in [0.25, 0.3) is 0 Å². The summed E-state index contributed by atoms with van der Waals surface area (Å²) >= 11 is 0. The van der Waals surface area contributed by atoms with E-state index in [1.165, 1.54) is 29.4 Å². The van der Waals surface area contributed by atoms with Crippen LogP contribution in [0.15, 0.2) is 211 Å². The van der Waals surface area contributed by atoms with Gasteiger partial charge >= 0.3 is 11.9 Å². The molecule has 9 aliphatic rings. The molecule has 5 unspecified atom stereocenters. The molecule has 5 atom stereocenters. The predicted octanol–water partition coefficient (Wildman–Crippen LogP) is 12.6. The number of hydrogen-bond donors (Lipinski definition) is 4. The van der Waals surface area contributed by atoms with E-state index in [0.29, 0.717) is 57.0 Å². The molecule has 11 nitrogen and oxygen atoms in total. The molecule has 8 bridgehead atoms. The quantitative estimate of drug-likeness (QED) is 0.0439. The zero-order valence-corrected chi connectivity index (χ0v) is 50.9. The summed E-state index contributed by atoms with van der Waals surface area (Å²) in [5, 5.41) is 33.4. The van der Waals surface area contributed by atoms with Gasteiger partial charge in [-0.15, -0.1) is 0 Å².